The molecule has 0 N–H and O–H groups in total. The molecule has 5 nitrogen and oxygen atoms in total. The largest absolute Gasteiger partial charge is 0.328 e. The summed E-state index contributed by atoms with van der Waals surface area (Å²) in [4.78, 5) is 9.23. The molecule has 3 rings (SSSR count). The maximum Gasteiger partial charge on any atom is 0.175 e. The van der Waals surface area contributed by atoms with Gasteiger partial charge in [0.25, 0.3) is 0 Å². The van der Waals surface area contributed by atoms with Crippen LogP contribution in [-0.4, -0.2) is 29.2 Å². The van der Waals surface area contributed by atoms with Gasteiger partial charge in [-0.25, -0.2) is 13.4 Å². The van der Waals surface area contributed by atoms with Gasteiger partial charge in [0.15, 0.2) is 9.84 Å². The molecule has 0 saturated carbocycles. The Balaban J connectivity index is 2.27. The van der Waals surface area contributed by atoms with E-state index in [1.807, 2.05) is 44.3 Å². The summed E-state index contributed by atoms with van der Waals surface area (Å²) < 4.78 is 25.9. The lowest BCUT2D eigenvalue weighted by atomic mass is 10.1. The van der Waals surface area contributed by atoms with Crippen molar-refractivity contribution < 1.29 is 8.42 Å². The Hall–Kier alpha value is -2.73. The Kier molecular flexibility index (Phi) is 4.78. The van der Waals surface area contributed by atoms with E-state index in [0.29, 0.717) is 12.2 Å². The first-order valence-electron chi connectivity index (χ1n) is 8.31. The van der Waals surface area contributed by atoms with Gasteiger partial charge in [0.05, 0.1) is 10.6 Å². The molecule has 0 spiro atoms. The molecular formula is C20H21N3O2S. The Bertz CT molecular complexity index is 1120. The first-order valence-corrected chi connectivity index (χ1v) is 10.2. The number of aromatic nitrogens is 3. The zero-order chi connectivity index (χ0) is 18.9. The van der Waals surface area contributed by atoms with Crippen LogP contribution < -0.4 is 0 Å². The number of nitrogens with zero attached hydrogens (tertiary/aromatic N) is 3. The normalized spacial score (nSPS) is 12.5. The predicted octanol–water partition coefficient (Wildman–Crippen LogP) is 4.00. The number of hydrogen-bond donors (Lipinski definition) is 0. The van der Waals surface area contributed by atoms with E-state index in [1.54, 1.807) is 12.3 Å². The van der Waals surface area contributed by atoms with Crippen LogP contribution in [0.15, 0.2) is 54.2 Å². The van der Waals surface area contributed by atoms with Crippen LogP contribution in [0.1, 0.15) is 18.3 Å². The van der Waals surface area contributed by atoms with E-state index in [1.165, 1.54) is 12.3 Å². The van der Waals surface area contributed by atoms with Gasteiger partial charge >= 0.3 is 0 Å². The first kappa shape index (κ1) is 18.1. The lowest BCUT2D eigenvalue weighted by molar-refractivity contribution is 0.608. The van der Waals surface area contributed by atoms with Crippen LogP contribution in [0.2, 0.25) is 0 Å². The van der Waals surface area contributed by atoms with Crippen molar-refractivity contribution in [3.63, 3.8) is 0 Å². The van der Waals surface area contributed by atoms with E-state index in [9.17, 15) is 8.42 Å². The second-order valence-corrected chi connectivity index (χ2v) is 8.10. The molecule has 3 aromatic rings. The van der Waals surface area contributed by atoms with Gasteiger partial charge in [-0.3, -0.25) is 4.98 Å². The maximum atomic E-state index is 11.9. The second kappa shape index (κ2) is 6.88. The van der Waals surface area contributed by atoms with Gasteiger partial charge in [-0.05, 0) is 25.3 Å². The van der Waals surface area contributed by atoms with Gasteiger partial charge < -0.3 is 4.57 Å². The highest BCUT2D eigenvalue weighted by Gasteiger charge is 2.17. The number of hydrogen-bond acceptors (Lipinski definition) is 4. The average molecular weight is 367 g/mol. The van der Waals surface area contributed by atoms with Gasteiger partial charge in [0.1, 0.15) is 5.82 Å². The summed E-state index contributed by atoms with van der Waals surface area (Å²) in [6.07, 6.45) is 7.72. The second-order valence-electron chi connectivity index (χ2n) is 6.08. The van der Waals surface area contributed by atoms with Gasteiger partial charge in [-0.15, -0.1) is 0 Å². The van der Waals surface area contributed by atoms with Crippen molar-refractivity contribution in [1.82, 2.24) is 14.5 Å². The predicted molar refractivity (Wildman–Crippen MR) is 106 cm³/mol. The van der Waals surface area contributed by atoms with Gasteiger partial charge in [0, 0.05) is 41.8 Å². The lowest BCUT2D eigenvalue weighted by Gasteiger charge is -2.09. The SMILES string of the molecule is C=CC(=Cc1nc(-c2cncc3ccccc23)n(CC)c1C)S(C)(=O)=O. The van der Waals surface area contributed by atoms with Crippen molar-refractivity contribution in [1.29, 1.82) is 0 Å². The standard InChI is InChI=1S/C20H21N3O2S/c1-5-16(26(4,24)25)11-19-14(3)23(6-2)20(22-19)18-13-21-12-15-9-7-8-10-17(15)18/h5,7-13H,1,6H2,2-4H3. The number of sulfone groups is 1. The smallest absolute Gasteiger partial charge is 0.175 e. The molecule has 0 aliphatic carbocycles. The van der Waals surface area contributed by atoms with Crippen molar-refractivity contribution in [2.45, 2.75) is 20.4 Å². The molecule has 0 saturated heterocycles. The average Bonchev–Trinajstić information content (AvgIpc) is 2.93. The van der Waals surface area contributed by atoms with Crippen molar-refractivity contribution in [3.8, 4) is 11.4 Å². The fourth-order valence-electron chi connectivity index (χ4n) is 3.03. The number of fused-ring (bicyclic) bond motifs is 1. The highest BCUT2D eigenvalue weighted by atomic mass is 32.2. The molecule has 6 heteroatoms. The topological polar surface area (TPSA) is 64.8 Å². The van der Waals surface area contributed by atoms with Crippen LogP contribution in [0.25, 0.3) is 28.2 Å². The number of benzene rings is 1. The molecule has 0 fully saturated rings. The summed E-state index contributed by atoms with van der Waals surface area (Å²) in [5.74, 6) is 0.775. The number of imidazole rings is 1. The fourth-order valence-corrected chi connectivity index (χ4v) is 3.66. The Morgan fingerprint density at radius 1 is 1.27 bits per heavy atom. The lowest BCUT2D eigenvalue weighted by Crippen LogP contribution is -2.01. The third-order valence-corrected chi connectivity index (χ3v) is 5.53. The highest BCUT2D eigenvalue weighted by molar-refractivity contribution is 7.94. The van der Waals surface area contributed by atoms with Gasteiger partial charge in [0.2, 0.25) is 0 Å². The van der Waals surface area contributed by atoms with Crippen LogP contribution >= 0.6 is 0 Å². The molecule has 0 unspecified atom stereocenters. The molecule has 0 atom stereocenters. The Morgan fingerprint density at radius 2 is 2.00 bits per heavy atom. The van der Waals surface area contributed by atoms with Crippen LogP contribution in [-0.2, 0) is 16.4 Å². The van der Waals surface area contributed by atoms with E-state index in [4.69, 9.17) is 4.98 Å². The number of pyridine rings is 1. The minimum Gasteiger partial charge on any atom is -0.328 e. The van der Waals surface area contributed by atoms with Crippen LogP contribution in [0.3, 0.4) is 0 Å². The van der Waals surface area contributed by atoms with E-state index in [2.05, 4.69) is 16.1 Å². The summed E-state index contributed by atoms with van der Waals surface area (Å²) in [6, 6.07) is 8.01. The third-order valence-electron chi connectivity index (χ3n) is 4.39. The number of rotatable bonds is 5. The molecule has 2 aromatic heterocycles. The van der Waals surface area contributed by atoms with Crippen molar-refractivity contribution in [2.75, 3.05) is 6.26 Å². The molecule has 0 radical (unpaired) electrons. The first-order chi connectivity index (χ1) is 12.4. The summed E-state index contributed by atoms with van der Waals surface area (Å²) in [7, 11) is -3.36. The molecule has 134 valence electrons. The molecule has 0 aliphatic heterocycles. The van der Waals surface area contributed by atoms with Crippen molar-refractivity contribution in [3.05, 3.63) is 65.6 Å². The minimum absolute atomic E-state index is 0.156. The molecule has 0 aliphatic rings. The van der Waals surface area contributed by atoms with E-state index in [0.717, 1.165) is 27.9 Å². The summed E-state index contributed by atoms with van der Waals surface area (Å²) in [6.45, 7) is 8.30. The quantitative estimate of drug-likeness (QED) is 0.640. The van der Waals surface area contributed by atoms with E-state index < -0.39 is 9.84 Å². The summed E-state index contributed by atoms with van der Waals surface area (Å²) in [5.41, 5.74) is 2.45. The van der Waals surface area contributed by atoms with Crippen LogP contribution in [0.5, 0.6) is 0 Å². The molecule has 2 heterocycles. The summed E-state index contributed by atoms with van der Waals surface area (Å²) in [5, 5.41) is 2.10. The van der Waals surface area contributed by atoms with Crippen LogP contribution in [0.4, 0.5) is 0 Å². The molecular weight excluding hydrogens is 346 g/mol. The zero-order valence-corrected chi connectivity index (χ0v) is 15.9. The minimum atomic E-state index is -3.36. The molecule has 0 amide bonds. The van der Waals surface area contributed by atoms with E-state index in [-0.39, 0.29) is 4.91 Å². The van der Waals surface area contributed by atoms with Gasteiger partial charge in [-0.1, -0.05) is 36.9 Å². The molecule has 1 aromatic carbocycles. The summed E-state index contributed by atoms with van der Waals surface area (Å²) >= 11 is 0. The van der Waals surface area contributed by atoms with Crippen molar-refractivity contribution in [2.24, 2.45) is 0 Å². The Morgan fingerprint density at radius 3 is 2.65 bits per heavy atom. The fraction of sp³-hybridized carbons (Fsp3) is 0.200. The van der Waals surface area contributed by atoms with E-state index >= 15 is 0 Å². The third kappa shape index (κ3) is 3.20. The highest BCUT2D eigenvalue weighted by Crippen LogP contribution is 2.29. The molecule has 26 heavy (non-hydrogen) atoms. The molecule has 0 bridgehead atoms. The van der Waals surface area contributed by atoms with Crippen molar-refractivity contribution >= 4 is 26.7 Å². The Labute approximate surface area is 153 Å². The number of allylic oxidation sites excluding steroid dienone is 1. The van der Waals surface area contributed by atoms with Gasteiger partial charge in [-0.2, -0.15) is 0 Å². The zero-order valence-electron chi connectivity index (χ0n) is 15.1. The maximum absolute atomic E-state index is 11.9. The van der Waals surface area contributed by atoms with Crippen LogP contribution in [0, 0.1) is 6.92 Å². The monoisotopic (exact) mass is 367 g/mol.